The molecule has 0 aliphatic carbocycles. The van der Waals surface area contributed by atoms with Crippen LogP contribution in [0.1, 0.15) is 36.1 Å². The largest absolute Gasteiger partial charge is 0.454 e. The minimum absolute atomic E-state index is 0.139. The van der Waals surface area contributed by atoms with Crippen molar-refractivity contribution in [2.45, 2.75) is 26.3 Å². The molecule has 6 nitrogen and oxygen atoms in total. The number of nitrogens with zero attached hydrogens (tertiary/aromatic N) is 3. The molecular formula is C22H18ClN3O3. The Morgan fingerprint density at radius 3 is 2.72 bits per heavy atom. The zero-order valence-electron chi connectivity index (χ0n) is 16.0. The standard InChI is InChI=1S/C22H18ClN3O3/c1-12-4-3-5-14(6-12)18-9-19(26(25-18)13(2)27)16-7-15-8-20-21(29-11-28-20)10-17(15)24-22(16)23/h3-8,10,19H,9,11H2,1-2H3/t19-/m1/s1. The summed E-state index contributed by atoms with van der Waals surface area (Å²) in [5.74, 6) is 1.20. The molecule has 0 unspecified atom stereocenters. The molecular weight excluding hydrogens is 390 g/mol. The Morgan fingerprint density at radius 1 is 1.17 bits per heavy atom. The Morgan fingerprint density at radius 2 is 1.97 bits per heavy atom. The van der Waals surface area contributed by atoms with Gasteiger partial charge in [0, 0.05) is 30.4 Å². The molecule has 146 valence electrons. The van der Waals surface area contributed by atoms with E-state index in [0.717, 1.165) is 33.3 Å². The van der Waals surface area contributed by atoms with Crippen molar-refractivity contribution in [2.24, 2.45) is 5.10 Å². The van der Waals surface area contributed by atoms with Crippen LogP contribution in [-0.2, 0) is 4.79 Å². The number of carbonyl (C=O) groups is 1. The number of hydrogen-bond acceptors (Lipinski definition) is 5. The minimum atomic E-state index is -0.308. The summed E-state index contributed by atoms with van der Waals surface area (Å²) in [5.41, 5.74) is 4.49. The van der Waals surface area contributed by atoms with Crippen LogP contribution in [0.3, 0.4) is 0 Å². The van der Waals surface area contributed by atoms with E-state index in [0.29, 0.717) is 23.1 Å². The van der Waals surface area contributed by atoms with Gasteiger partial charge in [0.1, 0.15) is 5.15 Å². The van der Waals surface area contributed by atoms with Gasteiger partial charge in [-0.1, -0.05) is 41.4 Å². The maximum atomic E-state index is 12.3. The summed E-state index contributed by atoms with van der Waals surface area (Å²) >= 11 is 6.55. The third kappa shape index (κ3) is 3.09. The number of aryl methyl sites for hydroxylation is 1. The summed E-state index contributed by atoms with van der Waals surface area (Å²) in [6.07, 6.45) is 0.570. The summed E-state index contributed by atoms with van der Waals surface area (Å²) in [6.45, 7) is 3.74. The van der Waals surface area contributed by atoms with Gasteiger partial charge < -0.3 is 9.47 Å². The van der Waals surface area contributed by atoms with Crippen LogP contribution in [0.4, 0.5) is 0 Å². The minimum Gasteiger partial charge on any atom is -0.454 e. The topological polar surface area (TPSA) is 64.0 Å². The zero-order valence-corrected chi connectivity index (χ0v) is 16.7. The Bertz CT molecular complexity index is 1190. The van der Waals surface area contributed by atoms with E-state index < -0.39 is 0 Å². The fraction of sp³-hybridized carbons (Fsp3) is 0.227. The fourth-order valence-corrected chi connectivity index (χ4v) is 4.10. The molecule has 29 heavy (non-hydrogen) atoms. The van der Waals surface area contributed by atoms with E-state index in [2.05, 4.69) is 16.2 Å². The van der Waals surface area contributed by atoms with Gasteiger partial charge in [-0.2, -0.15) is 5.10 Å². The molecule has 0 fully saturated rings. The van der Waals surface area contributed by atoms with Crippen molar-refractivity contribution in [2.75, 3.05) is 6.79 Å². The predicted molar refractivity (Wildman–Crippen MR) is 110 cm³/mol. The van der Waals surface area contributed by atoms with Crippen molar-refractivity contribution in [3.8, 4) is 11.5 Å². The number of ether oxygens (including phenoxy) is 2. The number of hydrazone groups is 1. The van der Waals surface area contributed by atoms with Crippen molar-refractivity contribution in [3.63, 3.8) is 0 Å². The van der Waals surface area contributed by atoms with Gasteiger partial charge in [0.15, 0.2) is 11.5 Å². The van der Waals surface area contributed by atoms with E-state index in [1.54, 1.807) is 0 Å². The highest BCUT2D eigenvalue weighted by Crippen LogP contribution is 2.40. The Hall–Kier alpha value is -3.12. The van der Waals surface area contributed by atoms with E-state index >= 15 is 0 Å². The normalized spacial score (nSPS) is 17.7. The van der Waals surface area contributed by atoms with Crippen LogP contribution in [-0.4, -0.2) is 28.4 Å². The SMILES string of the molecule is CC(=O)N1N=C(c2cccc(C)c2)C[C@@H]1c1cc2cc3c(cc2nc1Cl)OCO3. The van der Waals surface area contributed by atoms with Gasteiger partial charge in [0.05, 0.1) is 17.3 Å². The molecule has 7 heteroatoms. The highest BCUT2D eigenvalue weighted by molar-refractivity contribution is 6.30. The molecule has 2 aliphatic rings. The first-order chi connectivity index (χ1) is 14.0. The number of pyridine rings is 1. The van der Waals surface area contributed by atoms with Crippen molar-refractivity contribution < 1.29 is 14.3 Å². The lowest BCUT2D eigenvalue weighted by Gasteiger charge is -2.21. The van der Waals surface area contributed by atoms with E-state index in [-0.39, 0.29) is 18.7 Å². The van der Waals surface area contributed by atoms with E-state index in [1.165, 1.54) is 11.9 Å². The maximum Gasteiger partial charge on any atom is 0.240 e. The highest BCUT2D eigenvalue weighted by atomic mass is 35.5. The summed E-state index contributed by atoms with van der Waals surface area (Å²) < 4.78 is 10.9. The molecule has 0 N–H and O–H groups in total. The molecule has 0 radical (unpaired) electrons. The highest BCUT2D eigenvalue weighted by Gasteiger charge is 2.33. The van der Waals surface area contributed by atoms with E-state index in [4.69, 9.17) is 21.1 Å². The molecule has 3 heterocycles. The van der Waals surface area contributed by atoms with E-state index in [9.17, 15) is 4.79 Å². The average Bonchev–Trinajstić information content (AvgIpc) is 3.32. The average molecular weight is 408 g/mol. The number of aromatic nitrogens is 1. The van der Waals surface area contributed by atoms with Crippen LogP contribution in [0.5, 0.6) is 11.5 Å². The van der Waals surface area contributed by atoms with Gasteiger partial charge in [-0.3, -0.25) is 4.79 Å². The summed E-state index contributed by atoms with van der Waals surface area (Å²) in [5, 5.41) is 7.34. The van der Waals surface area contributed by atoms with Crippen molar-refractivity contribution >= 4 is 34.1 Å². The lowest BCUT2D eigenvalue weighted by atomic mass is 9.97. The molecule has 0 saturated carbocycles. The van der Waals surface area contributed by atoms with Crippen LogP contribution < -0.4 is 9.47 Å². The van der Waals surface area contributed by atoms with Crippen molar-refractivity contribution in [1.82, 2.24) is 9.99 Å². The molecule has 1 aromatic heterocycles. The van der Waals surface area contributed by atoms with E-state index in [1.807, 2.05) is 43.3 Å². The number of carbonyl (C=O) groups excluding carboxylic acids is 1. The predicted octanol–water partition coefficient (Wildman–Crippen LogP) is 4.62. The Labute approximate surface area is 172 Å². The first-order valence-electron chi connectivity index (χ1n) is 9.34. The van der Waals surface area contributed by atoms with Crippen LogP contribution in [0.2, 0.25) is 5.15 Å². The molecule has 2 aromatic carbocycles. The summed E-state index contributed by atoms with van der Waals surface area (Å²) in [7, 11) is 0. The number of halogens is 1. The van der Waals surface area contributed by atoms with Gasteiger partial charge >= 0.3 is 0 Å². The molecule has 1 atom stereocenters. The zero-order chi connectivity index (χ0) is 20.1. The molecule has 1 amide bonds. The number of hydrogen-bond donors (Lipinski definition) is 0. The lowest BCUT2D eigenvalue weighted by Crippen LogP contribution is -2.24. The summed E-state index contributed by atoms with van der Waals surface area (Å²) in [6, 6.07) is 13.5. The summed E-state index contributed by atoms with van der Waals surface area (Å²) in [4.78, 5) is 16.9. The molecule has 2 aliphatic heterocycles. The molecule has 3 aromatic rings. The van der Waals surface area contributed by atoms with Crippen LogP contribution >= 0.6 is 11.6 Å². The third-order valence-electron chi connectivity index (χ3n) is 5.23. The number of rotatable bonds is 2. The lowest BCUT2D eigenvalue weighted by molar-refractivity contribution is -0.130. The number of amides is 1. The van der Waals surface area contributed by atoms with Crippen LogP contribution in [0.25, 0.3) is 10.9 Å². The molecule has 0 bridgehead atoms. The molecule has 5 rings (SSSR count). The second kappa shape index (κ2) is 6.74. The maximum absolute atomic E-state index is 12.3. The Kier molecular flexibility index (Phi) is 4.17. The third-order valence-corrected chi connectivity index (χ3v) is 5.54. The van der Waals surface area contributed by atoms with Gasteiger partial charge in [-0.15, -0.1) is 0 Å². The molecule has 0 saturated heterocycles. The van der Waals surface area contributed by atoms with Crippen molar-refractivity contribution in [1.29, 1.82) is 0 Å². The quantitative estimate of drug-likeness (QED) is 0.581. The van der Waals surface area contributed by atoms with Gasteiger partial charge in [-0.25, -0.2) is 9.99 Å². The second-order valence-corrected chi connectivity index (χ2v) is 7.62. The molecule has 0 spiro atoms. The first kappa shape index (κ1) is 17.9. The number of fused-ring (bicyclic) bond motifs is 2. The number of benzene rings is 2. The van der Waals surface area contributed by atoms with Crippen LogP contribution in [0.15, 0.2) is 47.6 Å². The fourth-order valence-electron chi connectivity index (χ4n) is 3.83. The van der Waals surface area contributed by atoms with Gasteiger partial charge in [0.25, 0.3) is 0 Å². The Balaban J connectivity index is 1.57. The van der Waals surface area contributed by atoms with Crippen LogP contribution in [0, 0.1) is 6.92 Å². The monoisotopic (exact) mass is 407 g/mol. The van der Waals surface area contributed by atoms with Gasteiger partial charge in [0.2, 0.25) is 12.7 Å². The smallest absolute Gasteiger partial charge is 0.240 e. The van der Waals surface area contributed by atoms with Gasteiger partial charge in [-0.05, 0) is 24.6 Å². The second-order valence-electron chi connectivity index (χ2n) is 7.27. The first-order valence-corrected chi connectivity index (χ1v) is 9.71. The van der Waals surface area contributed by atoms with Crippen molar-refractivity contribution in [3.05, 3.63) is 64.3 Å².